The van der Waals surface area contributed by atoms with E-state index in [1.54, 1.807) is 22.7 Å². The zero-order valence-corrected chi connectivity index (χ0v) is 15.4. The smallest absolute Gasteiger partial charge is 0.205 e. The van der Waals surface area contributed by atoms with Crippen LogP contribution < -0.4 is 5.73 Å². The van der Waals surface area contributed by atoms with Crippen LogP contribution in [0.2, 0.25) is 0 Å². The molecule has 126 valence electrons. The quantitative estimate of drug-likeness (QED) is 0.874. The van der Waals surface area contributed by atoms with Crippen LogP contribution in [-0.2, 0) is 4.74 Å². The van der Waals surface area contributed by atoms with Crippen molar-refractivity contribution in [1.82, 2.24) is 4.90 Å². The summed E-state index contributed by atoms with van der Waals surface area (Å²) in [7, 11) is 2.09. The van der Waals surface area contributed by atoms with E-state index in [0.717, 1.165) is 34.9 Å². The van der Waals surface area contributed by atoms with Crippen LogP contribution in [0.15, 0.2) is 63.4 Å². The molecular weight excluding hydrogens is 350 g/mol. The van der Waals surface area contributed by atoms with Gasteiger partial charge in [0, 0.05) is 34.0 Å². The number of hydrogen-bond donors (Lipinski definition) is 1. The Morgan fingerprint density at radius 3 is 2.76 bits per heavy atom. The zero-order chi connectivity index (χ0) is 17.4. The fourth-order valence-corrected chi connectivity index (χ4v) is 4.92. The Balaban J connectivity index is 1.87. The summed E-state index contributed by atoms with van der Waals surface area (Å²) < 4.78 is 5.96. The number of rotatable bonds is 2. The highest BCUT2D eigenvalue weighted by molar-refractivity contribution is 7.10. The maximum atomic E-state index is 9.65. The molecule has 2 aliphatic rings. The van der Waals surface area contributed by atoms with Gasteiger partial charge in [-0.25, -0.2) is 0 Å². The molecule has 0 aliphatic carbocycles. The summed E-state index contributed by atoms with van der Waals surface area (Å²) in [6.07, 6.45) is 2.16. The lowest BCUT2D eigenvalue weighted by Crippen LogP contribution is -2.35. The molecule has 2 aliphatic heterocycles. The molecule has 4 heterocycles. The van der Waals surface area contributed by atoms with Crippen LogP contribution in [0.1, 0.15) is 15.7 Å². The number of allylic oxidation sites excluding steroid dienone is 1. The first-order valence-electron chi connectivity index (χ1n) is 7.94. The minimum absolute atomic E-state index is 0.122. The molecule has 6 heteroatoms. The highest BCUT2D eigenvalue weighted by atomic mass is 32.1. The summed E-state index contributed by atoms with van der Waals surface area (Å²) in [6.45, 7) is 1.56. The summed E-state index contributed by atoms with van der Waals surface area (Å²) in [6, 6.07) is 10.5. The van der Waals surface area contributed by atoms with Crippen LogP contribution in [0.3, 0.4) is 0 Å². The number of likely N-dealkylation sites (N-methyl/N-ethyl adjacent to an activating group) is 1. The van der Waals surface area contributed by atoms with E-state index in [0.29, 0.717) is 5.57 Å². The summed E-state index contributed by atoms with van der Waals surface area (Å²) in [5.74, 6) is 0.936. The van der Waals surface area contributed by atoms with Crippen molar-refractivity contribution in [3.8, 4) is 6.07 Å². The number of ether oxygens (including phenoxy) is 1. The van der Waals surface area contributed by atoms with Gasteiger partial charge in [-0.1, -0.05) is 12.1 Å². The van der Waals surface area contributed by atoms with Gasteiger partial charge in [-0.2, -0.15) is 5.26 Å². The predicted molar refractivity (Wildman–Crippen MR) is 102 cm³/mol. The fourth-order valence-electron chi connectivity index (χ4n) is 3.37. The third-order valence-corrected chi connectivity index (χ3v) is 6.14. The van der Waals surface area contributed by atoms with E-state index >= 15 is 0 Å². The van der Waals surface area contributed by atoms with Crippen molar-refractivity contribution in [2.75, 3.05) is 20.1 Å². The zero-order valence-electron chi connectivity index (χ0n) is 13.7. The normalized spacial score (nSPS) is 22.7. The first kappa shape index (κ1) is 16.2. The van der Waals surface area contributed by atoms with Gasteiger partial charge in [0.15, 0.2) is 0 Å². The van der Waals surface area contributed by atoms with Crippen LogP contribution in [0.25, 0.3) is 6.08 Å². The maximum Gasteiger partial charge on any atom is 0.205 e. The summed E-state index contributed by atoms with van der Waals surface area (Å²) >= 11 is 3.34. The van der Waals surface area contributed by atoms with Crippen molar-refractivity contribution < 1.29 is 4.74 Å². The highest BCUT2D eigenvalue weighted by Gasteiger charge is 2.37. The van der Waals surface area contributed by atoms with E-state index < -0.39 is 0 Å². The van der Waals surface area contributed by atoms with Gasteiger partial charge in [0.1, 0.15) is 17.4 Å². The first-order valence-corrected chi connectivity index (χ1v) is 9.70. The number of thiophene rings is 2. The van der Waals surface area contributed by atoms with Crippen LogP contribution in [0.4, 0.5) is 0 Å². The van der Waals surface area contributed by atoms with Gasteiger partial charge in [-0.05, 0) is 36.0 Å². The second kappa shape index (κ2) is 6.52. The Morgan fingerprint density at radius 2 is 2.08 bits per heavy atom. The molecule has 0 fully saturated rings. The van der Waals surface area contributed by atoms with Gasteiger partial charge in [0.2, 0.25) is 5.88 Å². The van der Waals surface area contributed by atoms with E-state index in [2.05, 4.69) is 41.6 Å². The van der Waals surface area contributed by atoms with Gasteiger partial charge >= 0.3 is 0 Å². The second-order valence-corrected chi connectivity index (χ2v) is 8.11. The maximum absolute atomic E-state index is 9.65. The summed E-state index contributed by atoms with van der Waals surface area (Å²) in [4.78, 5) is 4.56. The average Bonchev–Trinajstić information content (AvgIpc) is 3.28. The molecule has 0 aromatic carbocycles. The molecule has 4 rings (SSSR count). The second-order valence-electron chi connectivity index (χ2n) is 6.15. The highest BCUT2D eigenvalue weighted by Crippen LogP contribution is 2.44. The van der Waals surface area contributed by atoms with Crippen molar-refractivity contribution in [2.45, 2.75) is 5.92 Å². The molecule has 1 atom stereocenters. The predicted octanol–water partition coefficient (Wildman–Crippen LogP) is 3.90. The van der Waals surface area contributed by atoms with E-state index in [9.17, 15) is 5.26 Å². The van der Waals surface area contributed by atoms with Crippen molar-refractivity contribution in [3.63, 3.8) is 0 Å². The fraction of sp³-hybridized carbons (Fsp3) is 0.211. The number of nitrogens with two attached hydrogens (primary N) is 1. The standard InChI is InChI=1S/C19H17N3OS2/c1-22-10-12(8-13-4-2-6-24-13)18-15(11-22)17(16-5-3-7-25-16)14(9-20)19(21)23-18/h2-8,17H,10-11,21H2,1H3/b12-8+/t17-/m1/s1. The molecule has 0 radical (unpaired) electrons. The molecular formula is C19H17N3OS2. The van der Waals surface area contributed by atoms with Crippen LogP contribution >= 0.6 is 22.7 Å². The first-order chi connectivity index (χ1) is 12.2. The van der Waals surface area contributed by atoms with E-state index in [-0.39, 0.29) is 11.8 Å². The Labute approximate surface area is 154 Å². The molecule has 0 saturated heterocycles. The lowest BCUT2D eigenvalue weighted by Gasteiger charge is -2.36. The Kier molecular flexibility index (Phi) is 4.22. The SMILES string of the molecule is CN1CC2=C(OC(N)=C(C#N)[C@H]2c2cccs2)/C(=C/c2cccs2)C1. The number of nitrogens with zero attached hydrogens (tertiary/aromatic N) is 2. The Bertz CT molecular complexity index is 915. The molecule has 25 heavy (non-hydrogen) atoms. The topological polar surface area (TPSA) is 62.3 Å². The van der Waals surface area contributed by atoms with Crippen molar-refractivity contribution >= 4 is 28.7 Å². The largest absolute Gasteiger partial charge is 0.440 e. The van der Waals surface area contributed by atoms with E-state index in [4.69, 9.17) is 10.5 Å². The van der Waals surface area contributed by atoms with Crippen molar-refractivity contribution in [1.29, 1.82) is 5.26 Å². The molecule has 0 amide bonds. The van der Waals surface area contributed by atoms with Gasteiger partial charge < -0.3 is 10.5 Å². The molecule has 4 nitrogen and oxygen atoms in total. The van der Waals surface area contributed by atoms with Gasteiger partial charge in [0.25, 0.3) is 0 Å². The van der Waals surface area contributed by atoms with Crippen molar-refractivity contribution in [2.24, 2.45) is 5.73 Å². The Hall–Kier alpha value is -2.33. The van der Waals surface area contributed by atoms with Gasteiger partial charge in [-0.3, -0.25) is 4.90 Å². The molecule has 0 unspecified atom stereocenters. The van der Waals surface area contributed by atoms with Crippen LogP contribution in [-0.4, -0.2) is 25.0 Å². The summed E-state index contributed by atoms with van der Waals surface area (Å²) in [5.41, 5.74) is 8.86. The average molecular weight is 367 g/mol. The third kappa shape index (κ3) is 2.91. The van der Waals surface area contributed by atoms with Gasteiger partial charge in [-0.15, -0.1) is 22.7 Å². The monoisotopic (exact) mass is 367 g/mol. The lowest BCUT2D eigenvalue weighted by molar-refractivity contribution is 0.251. The lowest BCUT2D eigenvalue weighted by atomic mass is 9.84. The van der Waals surface area contributed by atoms with Gasteiger partial charge in [0.05, 0.1) is 5.92 Å². The molecule has 2 aromatic heterocycles. The molecule has 2 N–H and O–H groups in total. The van der Waals surface area contributed by atoms with E-state index in [1.807, 2.05) is 17.5 Å². The number of hydrogen-bond acceptors (Lipinski definition) is 6. The molecule has 0 saturated carbocycles. The van der Waals surface area contributed by atoms with Crippen LogP contribution in [0.5, 0.6) is 0 Å². The van der Waals surface area contributed by atoms with Crippen molar-refractivity contribution in [3.05, 3.63) is 73.1 Å². The molecule has 0 spiro atoms. The Morgan fingerprint density at radius 1 is 1.28 bits per heavy atom. The van der Waals surface area contributed by atoms with E-state index in [1.165, 1.54) is 4.88 Å². The minimum Gasteiger partial charge on any atom is -0.440 e. The molecule has 0 bridgehead atoms. The number of nitriles is 1. The molecule has 2 aromatic rings. The van der Waals surface area contributed by atoms with Crippen LogP contribution in [0, 0.1) is 11.3 Å². The third-order valence-electron chi connectivity index (χ3n) is 4.39. The minimum atomic E-state index is -0.122. The summed E-state index contributed by atoms with van der Waals surface area (Å²) in [5, 5.41) is 13.7.